The van der Waals surface area contributed by atoms with E-state index in [9.17, 15) is 9.59 Å². The minimum absolute atomic E-state index is 0.194. The van der Waals surface area contributed by atoms with Crippen LogP contribution in [0, 0.1) is 6.92 Å². The van der Waals surface area contributed by atoms with E-state index in [0.717, 1.165) is 4.90 Å². The highest BCUT2D eigenvalue weighted by atomic mass is 32.2. The van der Waals surface area contributed by atoms with Crippen LogP contribution in [-0.4, -0.2) is 30.3 Å². The number of amides is 1. The van der Waals surface area contributed by atoms with Gasteiger partial charge in [0.05, 0.1) is 12.9 Å². The first-order valence-electron chi connectivity index (χ1n) is 5.94. The molecule has 0 radical (unpaired) electrons. The van der Waals surface area contributed by atoms with Gasteiger partial charge < -0.3 is 10.1 Å². The van der Waals surface area contributed by atoms with E-state index >= 15 is 0 Å². The molecule has 1 aromatic carbocycles. The van der Waals surface area contributed by atoms with E-state index in [4.69, 9.17) is 0 Å². The molecular weight excluding hydrogens is 262 g/mol. The van der Waals surface area contributed by atoms with Gasteiger partial charge in [-0.05, 0) is 32.9 Å². The van der Waals surface area contributed by atoms with Crippen LogP contribution >= 0.6 is 11.8 Å². The highest BCUT2D eigenvalue weighted by Gasteiger charge is 2.30. The van der Waals surface area contributed by atoms with Gasteiger partial charge >= 0.3 is 5.97 Å². The van der Waals surface area contributed by atoms with Crippen LogP contribution in [0.25, 0.3) is 0 Å². The molecule has 0 aromatic heterocycles. The van der Waals surface area contributed by atoms with Crippen LogP contribution in [0.5, 0.6) is 0 Å². The van der Waals surface area contributed by atoms with Crippen molar-refractivity contribution >= 4 is 23.6 Å². The van der Waals surface area contributed by atoms with Crippen molar-refractivity contribution in [1.82, 2.24) is 5.32 Å². The first-order valence-corrected chi connectivity index (χ1v) is 6.92. The summed E-state index contributed by atoms with van der Waals surface area (Å²) in [5.41, 5.74) is 0.181. The van der Waals surface area contributed by atoms with Crippen LogP contribution in [-0.2, 0) is 14.3 Å². The average Bonchev–Trinajstić information content (AvgIpc) is 2.36. The van der Waals surface area contributed by atoms with Gasteiger partial charge in [-0.3, -0.25) is 4.79 Å². The molecule has 1 N–H and O–H groups in total. The van der Waals surface area contributed by atoms with E-state index in [1.165, 1.54) is 24.4 Å². The molecule has 1 rings (SSSR count). The van der Waals surface area contributed by atoms with Gasteiger partial charge in [0.15, 0.2) is 0 Å². The molecule has 0 aliphatic carbocycles. The fourth-order valence-electron chi connectivity index (χ4n) is 1.47. The monoisotopic (exact) mass is 281 g/mol. The molecule has 0 heterocycles. The van der Waals surface area contributed by atoms with E-state index in [-0.39, 0.29) is 11.7 Å². The van der Waals surface area contributed by atoms with Gasteiger partial charge in [-0.15, -0.1) is 11.8 Å². The second-order valence-corrected chi connectivity index (χ2v) is 5.82. The van der Waals surface area contributed by atoms with Crippen molar-refractivity contribution in [2.24, 2.45) is 0 Å². The SMILES string of the molecule is COC(=O)C(C)(C)NC(=O)CSc1ccc(C)cc1. The zero-order valence-electron chi connectivity index (χ0n) is 11.6. The van der Waals surface area contributed by atoms with E-state index < -0.39 is 11.5 Å². The zero-order chi connectivity index (χ0) is 14.5. The summed E-state index contributed by atoms with van der Waals surface area (Å²) >= 11 is 1.43. The largest absolute Gasteiger partial charge is 0.467 e. The van der Waals surface area contributed by atoms with Gasteiger partial charge in [0.1, 0.15) is 5.54 Å². The normalized spacial score (nSPS) is 10.9. The van der Waals surface area contributed by atoms with Crippen LogP contribution in [0.2, 0.25) is 0 Å². The number of hydrogen-bond acceptors (Lipinski definition) is 4. The number of carbonyl (C=O) groups excluding carboxylic acids is 2. The van der Waals surface area contributed by atoms with Crippen molar-refractivity contribution in [3.8, 4) is 0 Å². The van der Waals surface area contributed by atoms with Gasteiger partial charge in [0.2, 0.25) is 5.91 Å². The van der Waals surface area contributed by atoms with E-state index in [2.05, 4.69) is 10.1 Å². The molecule has 4 nitrogen and oxygen atoms in total. The number of thioether (sulfide) groups is 1. The van der Waals surface area contributed by atoms with Crippen molar-refractivity contribution < 1.29 is 14.3 Å². The Morgan fingerprint density at radius 3 is 2.37 bits per heavy atom. The molecule has 0 bridgehead atoms. The second-order valence-electron chi connectivity index (χ2n) is 4.77. The van der Waals surface area contributed by atoms with Gasteiger partial charge in [0, 0.05) is 4.90 Å². The van der Waals surface area contributed by atoms with Crippen molar-refractivity contribution in [3.05, 3.63) is 29.8 Å². The highest BCUT2D eigenvalue weighted by molar-refractivity contribution is 8.00. The molecule has 0 unspecified atom stereocenters. The van der Waals surface area contributed by atoms with Crippen LogP contribution in [0.4, 0.5) is 0 Å². The number of esters is 1. The Hall–Kier alpha value is -1.49. The summed E-state index contributed by atoms with van der Waals surface area (Å²) in [4.78, 5) is 24.2. The third kappa shape index (κ3) is 4.95. The molecule has 1 amide bonds. The van der Waals surface area contributed by atoms with E-state index in [1.54, 1.807) is 13.8 Å². The molecule has 0 atom stereocenters. The summed E-state index contributed by atoms with van der Waals surface area (Å²) in [6, 6.07) is 7.94. The maximum absolute atomic E-state index is 11.8. The molecule has 0 aliphatic heterocycles. The molecule has 0 spiro atoms. The predicted molar refractivity (Wildman–Crippen MR) is 76.1 cm³/mol. The number of rotatable bonds is 5. The van der Waals surface area contributed by atoms with Crippen molar-refractivity contribution in [2.45, 2.75) is 31.2 Å². The Morgan fingerprint density at radius 1 is 1.26 bits per heavy atom. The molecule has 0 saturated carbocycles. The minimum Gasteiger partial charge on any atom is -0.467 e. The number of hydrogen-bond donors (Lipinski definition) is 1. The molecule has 0 fully saturated rings. The fraction of sp³-hybridized carbons (Fsp3) is 0.429. The summed E-state index contributed by atoms with van der Waals surface area (Å²) in [6.45, 7) is 5.25. The number of nitrogens with one attached hydrogen (secondary N) is 1. The quantitative estimate of drug-likeness (QED) is 0.664. The topological polar surface area (TPSA) is 55.4 Å². The molecule has 5 heteroatoms. The van der Waals surface area contributed by atoms with Gasteiger partial charge in [-0.2, -0.15) is 0 Å². The average molecular weight is 281 g/mol. The number of methoxy groups -OCH3 is 1. The van der Waals surface area contributed by atoms with E-state index in [0.29, 0.717) is 0 Å². The van der Waals surface area contributed by atoms with Crippen molar-refractivity contribution in [2.75, 3.05) is 12.9 Å². The van der Waals surface area contributed by atoms with Gasteiger partial charge in [0.25, 0.3) is 0 Å². The number of carbonyl (C=O) groups is 2. The summed E-state index contributed by atoms with van der Waals surface area (Å²) in [7, 11) is 1.30. The lowest BCUT2D eigenvalue weighted by molar-refractivity contribution is -0.149. The Bertz CT molecular complexity index is 454. The Kier molecular flexibility index (Phi) is 5.42. The number of aryl methyl sites for hydroxylation is 1. The summed E-state index contributed by atoms with van der Waals surface area (Å²) in [5, 5.41) is 2.65. The molecule has 0 aliphatic rings. The maximum Gasteiger partial charge on any atom is 0.330 e. The lowest BCUT2D eigenvalue weighted by atomic mass is 10.1. The van der Waals surface area contributed by atoms with Crippen molar-refractivity contribution in [3.63, 3.8) is 0 Å². The van der Waals surface area contributed by atoms with Crippen LogP contribution in [0.3, 0.4) is 0 Å². The minimum atomic E-state index is -1.00. The predicted octanol–water partition coefficient (Wildman–Crippen LogP) is 2.15. The lowest BCUT2D eigenvalue weighted by Crippen LogP contribution is -2.50. The Balaban J connectivity index is 2.48. The molecular formula is C14H19NO3S. The lowest BCUT2D eigenvalue weighted by Gasteiger charge is -2.22. The molecule has 104 valence electrons. The fourth-order valence-corrected chi connectivity index (χ4v) is 2.17. The van der Waals surface area contributed by atoms with Gasteiger partial charge in [-0.1, -0.05) is 17.7 Å². The summed E-state index contributed by atoms with van der Waals surface area (Å²) < 4.78 is 4.63. The summed E-state index contributed by atoms with van der Waals surface area (Å²) in [6.07, 6.45) is 0. The summed E-state index contributed by atoms with van der Waals surface area (Å²) in [5.74, 6) is -0.383. The van der Waals surface area contributed by atoms with Crippen LogP contribution < -0.4 is 5.32 Å². The zero-order valence-corrected chi connectivity index (χ0v) is 12.5. The number of benzene rings is 1. The van der Waals surface area contributed by atoms with Crippen molar-refractivity contribution in [1.29, 1.82) is 0 Å². The Morgan fingerprint density at radius 2 is 1.84 bits per heavy atom. The third-order valence-electron chi connectivity index (χ3n) is 2.54. The van der Waals surface area contributed by atoms with Crippen LogP contribution in [0.15, 0.2) is 29.2 Å². The van der Waals surface area contributed by atoms with Gasteiger partial charge in [-0.25, -0.2) is 4.79 Å². The third-order valence-corrected chi connectivity index (χ3v) is 3.55. The Labute approximate surface area is 117 Å². The standard InChI is InChI=1S/C14H19NO3S/c1-10-5-7-11(8-6-10)19-9-12(16)15-14(2,3)13(17)18-4/h5-8H,9H2,1-4H3,(H,15,16). The first kappa shape index (κ1) is 15.6. The first-order chi connectivity index (χ1) is 8.85. The molecule has 19 heavy (non-hydrogen) atoms. The van der Waals surface area contributed by atoms with Crippen LogP contribution in [0.1, 0.15) is 19.4 Å². The molecule has 0 saturated heterocycles. The second kappa shape index (κ2) is 6.61. The smallest absolute Gasteiger partial charge is 0.330 e. The van der Waals surface area contributed by atoms with E-state index in [1.807, 2.05) is 31.2 Å². The highest BCUT2D eigenvalue weighted by Crippen LogP contribution is 2.18. The number of ether oxygens (including phenoxy) is 1. The maximum atomic E-state index is 11.8. The molecule has 1 aromatic rings.